The second-order valence-corrected chi connectivity index (χ2v) is 10.8. The van der Waals surface area contributed by atoms with E-state index in [0.29, 0.717) is 19.3 Å². The van der Waals surface area contributed by atoms with Crippen LogP contribution in [-0.4, -0.2) is 70.3 Å². The van der Waals surface area contributed by atoms with E-state index in [1.807, 2.05) is 26.8 Å². The van der Waals surface area contributed by atoms with Crippen molar-refractivity contribution in [2.75, 3.05) is 0 Å². The van der Waals surface area contributed by atoms with E-state index >= 15 is 0 Å². The van der Waals surface area contributed by atoms with Gasteiger partial charge in [0.1, 0.15) is 12.2 Å². The van der Waals surface area contributed by atoms with E-state index in [2.05, 4.69) is 0 Å². The third-order valence-electron chi connectivity index (χ3n) is 8.81. The molecule has 0 aromatic carbocycles. The first-order valence-electron chi connectivity index (χ1n) is 11.6. The molecule has 4 fully saturated rings. The van der Waals surface area contributed by atoms with Crippen molar-refractivity contribution in [2.45, 2.75) is 108 Å². The SMILES string of the molecule is CC(=O)O[C@H]1C[C@@H]2O[C@]2(C)[C@@H]2[C@@H](O)[C@]34O[C@]3(C)C(=O)O[C@H]4C=C(C)CC[C@@H](OC(C)=O)[C@@]12C. The molecule has 3 heterocycles. The van der Waals surface area contributed by atoms with Crippen LogP contribution in [-0.2, 0) is 38.1 Å². The van der Waals surface area contributed by atoms with Gasteiger partial charge in [0.2, 0.25) is 0 Å². The van der Waals surface area contributed by atoms with Gasteiger partial charge in [0, 0.05) is 31.6 Å². The normalized spacial score (nSPS) is 52.1. The van der Waals surface area contributed by atoms with Crippen LogP contribution in [0.5, 0.6) is 0 Å². The topological polar surface area (TPSA) is 124 Å². The van der Waals surface area contributed by atoms with E-state index in [0.717, 1.165) is 5.57 Å². The number of allylic oxidation sites excluding steroid dienone is 1. The lowest BCUT2D eigenvalue weighted by Gasteiger charge is -2.53. The smallest absolute Gasteiger partial charge is 0.342 e. The lowest BCUT2D eigenvalue weighted by molar-refractivity contribution is -0.205. The van der Waals surface area contributed by atoms with Crippen LogP contribution < -0.4 is 0 Å². The zero-order valence-corrected chi connectivity index (χ0v) is 19.9. The van der Waals surface area contributed by atoms with E-state index < -0.39 is 70.5 Å². The van der Waals surface area contributed by atoms with Crippen LogP contribution in [0.25, 0.3) is 0 Å². The van der Waals surface area contributed by atoms with Crippen LogP contribution >= 0.6 is 0 Å². The molecule has 9 heteroatoms. The largest absolute Gasteiger partial charge is 0.462 e. The molecular formula is C24H32O9. The van der Waals surface area contributed by atoms with Crippen LogP contribution in [0.1, 0.15) is 60.8 Å². The number of hydrogen-bond acceptors (Lipinski definition) is 9. The standard InChI is InChI=1S/C24H32O9/c1-11-7-8-14(29-12(2)25)21(4)15(30-13(3)26)10-16-22(5,32-16)18(21)19(27)24-17(9-11)31-20(28)23(24,6)33-24/h9,14-19,27H,7-8,10H2,1-6H3/t14-,15+,16+,17+,18-,19-,21+,22+,23-,24+/m1/s1. The molecule has 2 aliphatic carbocycles. The fourth-order valence-corrected chi connectivity index (χ4v) is 7.00. The molecule has 0 radical (unpaired) electrons. The fourth-order valence-electron chi connectivity index (χ4n) is 7.00. The van der Waals surface area contributed by atoms with Gasteiger partial charge in [0.15, 0.2) is 17.3 Å². The minimum Gasteiger partial charge on any atom is -0.462 e. The summed E-state index contributed by atoms with van der Waals surface area (Å²) < 4.78 is 29.4. The molecule has 5 aliphatic rings. The van der Waals surface area contributed by atoms with Crippen molar-refractivity contribution in [3.05, 3.63) is 11.6 Å². The Morgan fingerprint density at radius 1 is 1.12 bits per heavy atom. The summed E-state index contributed by atoms with van der Waals surface area (Å²) in [6.07, 6.45) is -0.283. The molecule has 0 amide bonds. The van der Waals surface area contributed by atoms with E-state index in [9.17, 15) is 19.5 Å². The van der Waals surface area contributed by atoms with Crippen molar-refractivity contribution in [1.82, 2.24) is 0 Å². The Hall–Kier alpha value is -1.97. The number of rotatable bonds is 2. The van der Waals surface area contributed by atoms with Crippen molar-refractivity contribution in [3.63, 3.8) is 0 Å². The number of ether oxygens (including phenoxy) is 5. The van der Waals surface area contributed by atoms with Gasteiger partial charge in [-0.25, -0.2) is 4.79 Å². The predicted molar refractivity (Wildman–Crippen MR) is 112 cm³/mol. The molecule has 0 bridgehead atoms. The summed E-state index contributed by atoms with van der Waals surface area (Å²) in [5.41, 5.74) is -3.44. The highest BCUT2D eigenvalue weighted by atomic mass is 16.7. The molecule has 0 aromatic rings. The average Bonchev–Trinajstić information content (AvgIpc) is 3.53. The summed E-state index contributed by atoms with van der Waals surface area (Å²) in [6.45, 7) is 10.0. The van der Waals surface area contributed by atoms with Gasteiger partial charge in [-0.15, -0.1) is 0 Å². The van der Waals surface area contributed by atoms with Crippen molar-refractivity contribution in [1.29, 1.82) is 0 Å². The first kappa shape index (κ1) is 22.8. The van der Waals surface area contributed by atoms with Gasteiger partial charge in [0.25, 0.3) is 0 Å². The summed E-state index contributed by atoms with van der Waals surface area (Å²) in [7, 11) is 0. The first-order valence-corrected chi connectivity index (χ1v) is 11.6. The molecule has 3 saturated heterocycles. The molecular weight excluding hydrogens is 432 g/mol. The Kier molecular flexibility index (Phi) is 4.70. The van der Waals surface area contributed by atoms with Crippen molar-refractivity contribution < 1.29 is 43.2 Å². The Bertz CT molecular complexity index is 960. The predicted octanol–water partition coefficient (Wildman–Crippen LogP) is 1.59. The van der Waals surface area contributed by atoms with Crippen LogP contribution in [0, 0.1) is 11.3 Å². The third kappa shape index (κ3) is 2.85. The Morgan fingerprint density at radius 3 is 2.36 bits per heavy atom. The zero-order chi connectivity index (χ0) is 24.1. The van der Waals surface area contributed by atoms with Gasteiger partial charge in [-0.05, 0) is 39.7 Å². The second-order valence-electron chi connectivity index (χ2n) is 10.8. The lowest BCUT2D eigenvalue weighted by atomic mass is 9.54. The van der Waals surface area contributed by atoms with Gasteiger partial charge >= 0.3 is 17.9 Å². The minimum atomic E-state index is -1.30. The van der Waals surface area contributed by atoms with Crippen LogP contribution in [0.4, 0.5) is 0 Å². The maximum Gasteiger partial charge on any atom is 0.342 e. The number of epoxide rings is 2. The average molecular weight is 465 g/mol. The molecule has 9 nitrogen and oxygen atoms in total. The lowest BCUT2D eigenvalue weighted by Crippen LogP contribution is -2.65. The quantitative estimate of drug-likeness (QED) is 0.281. The second kappa shape index (κ2) is 6.79. The van der Waals surface area contributed by atoms with E-state index in [1.165, 1.54) is 13.8 Å². The third-order valence-corrected chi connectivity index (χ3v) is 8.81. The molecule has 1 N–H and O–H groups in total. The van der Waals surface area contributed by atoms with Gasteiger partial charge in [0.05, 0.1) is 17.8 Å². The summed E-state index contributed by atoms with van der Waals surface area (Å²) in [6, 6.07) is 0. The Labute approximate surface area is 192 Å². The molecule has 0 unspecified atom stereocenters. The molecule has 5 rings (SSSR count). The van der Waals surface area contributed by atoms with E-state index in [-0.39, 0.29) is 6.10 Å². The van der Waals surface area contributed by atoms with Gasteiger partial charge in [-0.3, -0.25) is 9.59 Å². The molecule has 182 valence electrons. The Morgan fingerprint density at radius 2 is 1.76 bits per heavy atom. The highest BCUT2D eigenvalue weighted by Crippen LogP contribution is 2.68. The maximum atomic E-state index is 12.7. The number of aliphatic hydroxyl groups is 1. The maximum absolute atomic E-state index is 12.7. The van der Waals surface area contributed by atoms with E-state index in [4.69, 9.17) is 23.7 Å². The molecule has 1 spiro atoms. The highest BCUT2D eigenvalue weighted by molar-refractivity contribution is 5.89. The van der Waals surface area contributed by atoms with Crippen molar-refractivity contribution in [3.8, 4) is 0 Å². The molecule has 33 heavy (non-hydrogen) atoms. The molecule has 1 saturated carbocycles. The molecule has 0 aromatic heterocycles. The number of hydrogen-bond donors (Lipinski definition) is 1. The number of fused-ring (bicyclic) bond motifs is 3. The van der Waals surface area contributed by atoms with Crippen LogP contribution in [0.2, 0.25) is 0 Å². The van der Waals surface area contributed by atoms with E-state index in [1.54, 1.807) is 6.92 Å². The zero-order valence-electron chi connectivity index (χ0n) is 19.9. The monoisotopic (exact) mass is 464 g/mol. The van der Waals surface area contributed by atoms with Crippen molar-refractivity contribution >= 4 is 17.9 Å². The minimum absolute atomic E-state index is 0.245. The number of carbonyl (C=O) groups excluding carboxylic acids is 3. The summed E-state index contributed by atoms with van der Waals surface area (Å²) in [4.78, 5) is 37.0. The van der Waals surface area contributed by atoms with Crippen molar-refractivity contribution in [2.24, 2.45) is 11.3 Å². The number of esters is 3. The van der Waals surface area contributed by atoms with Gasteiger partial charge in [-0.1, -0.05) is 12.5 Å². The van der Waals surface area contributed by atoms with Crippen LogP contribution in [0.15, 0.2) is 11.6 Å². The molecule has 10 atom stereocenters. The Balaban J connectivity index is 1.69. The van der Waals surface area contributed by atoms with Crippen LogP contribution in [0.3, 0.4) is 0 Å². The number of aliphatic hydroxyl groups excluding tert-OH is 1. The summed E-state index contributed by atoms with van der Waals surface area (Å²) in [5, 5.41) is 12.1. The summed E-state index contributed by atoms with van der Waals surface area (Å²) >= 11 is 0. The molecule has 3 aliphatic heterocycles. The first-order chi connectivity index (χ1) is 15.3. The number of carbonyl (C=O) groups is 3. The summed E-state index contributed by atoms with van der Waals surface area (Å²) in [5.74, 6) is -2.10. The highest BCUT2D eigenvalue weighted by Gasteiger charge is 2.88. The van der Waals surface area contributed by atoms with Gasteiger partial charge < -0.3 is 28.8 Å². The fraction of sp³-hybridized carbons (Fsp3) is 0.792. The van der Waals surface area contributed by atoms with Gasteiger partial charge in [-0.2, -0.15) is 0 Å².